The molecule has 2 N–H and O–H groups in total. The van der Waals surface area contributed by atoms with E-state index in [1.807, 2.05) is 6.92 Å². The van der Waals surface area contributed by atoms with Gasteiger partial charge in [-0.3, -0.25) is 4.79 Å². The monoisotopic (exact) mass is 428 g/mol. The molecule has 0 spiro atoms. The molecule has 0 aromatic carbocycles. The average Bonchev–Trinajstić information content (AvgIpc) is 3.00. The van der Waals surface area contributed by atoms with Gasteiger partial charge in [-0.15, -0.1) is 0 Å². The van der Waals surface area contributed by atoms with Crippen molar-refractivity contribution in [2.75, 3.05) is 7.11 Å². The summed E-state index contributed by atoms with van der Waals surface area (Å²) in [5, 5.41) is 21.1. The van der Waals surface area contributed by atoms with Gasteiger partial charge in [0.2, 0.25) is 0 Å². The second-order valence-electron chi connectivity index (χ2n) is 11.3. The highest BCUT2D eigenvalue weighted by atomic mass is 19.3. The van der Waals surface area contributed by atoms with E-state index in [4.69, 9.17) is 4.74 Å². The summed E-state index contributed by atoms with van der Waals surface area (Å²) < 4.78 is 33.9. The molecular weight excluding hydrogens is 390 g/mol. The summed E-state index contributed by atoms with van der Waals surface area (Å²) in [5.41, 5.74) is -0.408. The maximum Gasteiger partial charge on any atom is 0.305 e. The molecule has 0 radical (unpaired) electrons. The summed E-state index contributed by atoms with van der Waals surface area (Å²) in [6.45, 7) is 4.34. The molecule has 4 saturated carbocycles. The Bertz CT molecular complexity index is 670. The van der Waals surface area contributed by atoms with Crippen molar-refractivity contribution in [1.82, 2.24) is 0 Å². The van der Waals surface area contributed by atoms with Crippen molar-refractivity contribution in [2.24, 2.45) is 40.4 Å². The minimum Gasteiger partial charge on any atom is -0.469 e. The van der Waals surface area contributed by atoms with Crippen molar-refractivity contribution in [2.45, 2.75) is 96.2 Å². The minimum atomic E-state index is -3.04. The number of carbonyl (C=O) groups is 1. The largest absolute Gasteiger partial charge is 0.469 e. The van der Waals surface area contributed by atoms with E-state index in [0.29, 0.717) is 24.7 Å². The van der Waals surface area contributed by atoms with Crippen LogP contribution in [0.15, 0.2) is 0 Å². The van der Waals surface area contributed by atoms with Gasteiger partial charge in [0.15, 0.2) is 0 Å². The minimum absolute atomic E-state index is 0.0370. The van der Waals surface area contributed by atoms with Crippen molar-refractivity contribution in [3.05, 3.63) is 0 Å². The van der Waals surface area contributed by atoms with Crippen molar-refractivity contribution in [3.63, 3.8) is 0 Å². The number of hydrogen-bond donors (Lipinski definition) is 2. The van der Waals surface area contributed by atoms with Crippen LogP contribution in [-0.4, -0.2) is 41.4 Å². The number of ether oxygens (including phenoxy) is 1. The first-order valence-electron chi connectivity index (χ1n) is 11.8. The number of carbonyl (C=O) groups excluding carboxylic acids is 1. The number of methoxy groups -OCH3 is 1. The van der Waals surface area contributed by atoms with Crippen LogP contribution in [0.3, 0.4) is 0 Å². The van der Waals surface area contributed by atoms with Crippen LogP contribution < -0.4 is 0 Å². The molecule has 4 rings (SSSR count). The first-order valence-corrected chi connectivity index (χ1v) is 11.8. The van der Waals surface area contributed by atoms with Gasteiger partial charge in [-0.1, -0.05) is 13.8 Å². The zero-order valence-corrected chi connectivity index (χ0v) is 18.6. The van der Waals surface area contributed by atoms with Gasteiger partial charge in [0.1, 0.15) is 6.10 Å². The number of halogens is 2. The lowest BCUT2D eigenvalue weighted by Gasteiger charge is -2.63. The van der Waals surface area contributed by atoms with E-state index >= 15 is 0 Å². The van der Waals surface area contributed by atoms with Crippen LogP contribution in [0.5, 0.6) is 0 Å². The standard InChI is InChI=1S/C24H38F2O4/c1-22-10-9-17-21(16(22)8-7-14(22)5-4-6-20(29)30-3)18(27)11-15-12-19(28)24(25,26)13-23(15,17)2/h14-19,21,27-28H,4-13H2,1-3H3. The fourth-order valence-electron chi connectivity index (χ4n) is 8.41. The van der Waals surface area contributed by atoms with Gasteiger partial charge < -0.3 is 14.9 Å². The van der Waals surface area contributed by atoms with Crippen LogP contribution in [0.1, 0.15) is 78.1 Å². The van der Waals surface area contributed by atoms with Gasteiger partial charge in [-0.05, 0) is 91.8 Å². The summed E-state index contributed by atoms with van der Waals surface area (Å²) in [7, 11) is 1.42. The predicted octanol–water partition coefficient (Wildman–Crippen LogP) is 4.57. The second kappa shape index (κ2) is 7.68. The van der Waals surface area contributed by atoms with E-state index in [-0.39, 0.29) is 42.0 Å². The molecule has 0 heterocycles. The van der Waals surface area contributed by atoms with E-state index in [0.717, 1.165) is 38.5 Å². The normalized spacial score (nSPS) is 49.6. The number of aliphatic hydroxyl groups excluding tert-OH is 2. The van der Waals surface area contributed by atoms with Crippen LogP contribution >= 0.6 is 0 Å². The Morgan fingerprint density at radius 1 is 1.07 bits per heavy atom. The Morgan fingerprint density at radius 2 is 1.77 bits per heavy atom. The molecule has 4 aliphatic rings. The molecule has 4 aliphatic carbocycles. The fraction of sp³-hybridized carbons (Fsp3) is 0.958. The van der Waals surface area contributed by atoms with E-state index in [2.05, 4.69) is 6.92 Å². The van der Waals surface area contributed by atoms with E-state index in [1.165, 1.54) is 7.11 Å². The van der Waals surface area contributed by atoms with Gasteiger partial charge in [-0.25, -0.2) is 8.78 Å². The van der Waals surface area contributed by atoms with E-state index in [1.54, 1.807) is 0 Å². The SMILES string of the molecule is COC(=O)CCCC1CCC2C3C(O)CC4CC(O)C(F)(F)CC4(C)C3CCC12C. The van der Waals surface area contributed by atoms with Crippen molar-refractivity contribution in [1.29, 1.82) is 0 Å². The molecule has 172 valence electrons. The highest BCUT2D eigenvalue weighted by molar-refractivity contribution is 5.68. The van der Waals surface area contributed by atoms with Crippen molar-refractivity contribution < 1.29 is 28.5 Å². The lowest BCUT2D eigenvalue weighted by Crippen LogP contribution is -2.61. The molecule has 4 fully saturated rings. The molecule has 0 aromatic rings. The van der Waals surface area contributed by atoms with E-state index < -0.39 is 23.5 Å². The number of alkyl halides is 2. The quantitative estimate of drug-likeness (QED) is 0.644. The van der Waals surface area contributed by atoms with Crippen LogP contribution in [0.4, 0.5) is 8.78 Å². The third-order valence-electron chi connectivity index (χ3n) is 10.1. The van der Waals surface area contributed by atoms with Crippen LogP contribution in [-0.2, 0) is 9.53 Å². The third-order valence-corrected chi connectivity index (χ3v) is 10.1. The molecular formula is C24H38F2O4. The summed E-state index contributed by atoms with van der Waals surface area (Å²) in [6.07, 6.45) is 4.58. The highest BCUT2D eigenvalue weighted by Crippen LogP contribution is 2.68. The maximum absolute atomic E-state index is 14.6. The topological polar surface area (TPSA) is 66.8 Å². The Hall–Kier alpha value is -0.750. The highest BCUT2D eigenvalue weighted by Gasteiger charge is 2.65. The van der Waals surface area contributed by atoms with Gasteiger partial charge in [-0.2, -0.15) is 0 Å². The Morgan fingerprint density at radius 3 is 2.47 bits per heavy atom. The molecule has 0 amide bonds. The summed E-state index contributed by atoms with van der Waals surface area (Å²) >= 11 is 0. The molecule has 9 atom stereocenters. The summed E-state index contributed by atoms with van der Waals surface area (Å²) in [5.74, 6) is -2.21. The van der Waals surface area contributed by atoms with Crippen LogP contribution in [0.25, 0.3) is 0 Å². The predicted molar refractivity (Wildman–Crippen MR) is 109 cm³/mol. The zero-order valence-electron chi connectivity index (χ0n) is 18.6. The number of hydrogen-bond acceptors (Lipinski definition) is 4. The zero-order chi connectivity index (χ0) is 21.9. The number of aliphatic hydroxyl groups is 2. The van der Waals surface area contributed by atoms with Gasteiger partial charge in [0.05, 0.1) is 13.2 Å². The molecule has 0 saturated heterocycles. The number of rotatable bonds is 4. The molecule has 30 heavy (non-hydrogen) atoms. The Kier molecular flexibility index (Phi) is 5.75. The smallest absolute Gasteiger partial charge is 0.305 e. The Balaban J connectivity index is 1.53. The molecule has 4 nitrogen and oxygen atoms in total. The lowest BCUT2D eigenvalue weighted by atomic mass is 9.43. The Labute approximate surface area is 178 Å². The molecule has 9 unspecified atom stereocenters. The van der Waals surface area contributed by atoms with Gasteiger partial charge in [0.25, 0.3) is 5.92 Å². The van der Waals surface area contributed by atoms with Crippen molar-refractivity contribution in [3.8, 4) is 0 Å². The fourth-order valence-corrected chi connectivity index (χ4v) is 8.41. The maximum atomic E-state index is 14.6. The molecule has 0 aromatic heterocycles. The number of fused-ring (bicyclic) bond motifs is 5. The van der Waals surface area contributed by atoms with Crippen LogP contribution in [0, 0.1) is 40.4 Å². The van der Waals surface area contributed by atoms with Crippen molar-refractivity contribution >= 4 is 5.97 Å². The number of esters is 1. The van der Waals surface area contributed by atoms with Gasteiger partial charge >= 0.3 is 5.97 Å². The van der Waals surface area contributed by atoms with E-state index in [9.17, 15) is 23.8 Å². The summed E-state index contributed by atoms with van der Waals surface area (Å²) in [6, 6.07) is 0. The third kappa shape index (κ3) is 3.41. The average molecular weight is 429 g/mol. The lowest BCUT2D eigenvalue weighted by molar-refractivity contribution is -0.235. The molecule has 0 aliphatic heterocycles. The molecule has 0 bridgehead atoms. The summed E-state index contributed by atoms with van der Waals surface area (Å²) in [4.78, 5) is 11.5. The first-order chi connectivity index (χ1) is 14.0. The first kappa shape index (κ1) is 22.4. The molecule has 6 heteroatoms. The van der Waals surface area contributed by atoms with Crippen LogP contribution in [0.2, 0.25) is 0 Å². The second-order valence-corrected chi connectivity index (χ2v) is 11.3. The van der Waals surface area contributed by atoms with Gasteiger partial charge in [0, 0.05) is 12.8 Å².